The van der Waals surface area contributed by atoms with Crippen LogP contribution in [0, 0.1) is 6.92 Å². The number of rotatable bonds is 7. The molecule has 0 fully saturated rings. The van der Waals surface area contributed by atoms with E-state index in [1.807, 2.05) is 60.7 Å². The Morgan fingerprint density at radius 3 is 2.08 bits per heavy atom. The quantitative estimate of drug-likeness (QED) is 0.188. The van der Waals surface area contributed by atoms with Gasteiger partial charge in [0, 0.05) is 17.5 Å². The van der Waals surface area contributed by atoms with E-state index < -0.39 is 17.9 Å². The van der Waals surface area contributed by atoms with Gasteiger partial charge in [0.2, 0.25) is 5.76 Å². The van der Waals surface area contributed by atoms with Crippen LogP contribution in [0.1, 0.15) is 67.7 Å². The first-order valence-electron chi connectivity index (χ1n) is 13.0. The fraction of sp³-hybridized carbons (Fsp3) is 0.188. The summed E-state index contributed by atoms with van der Waals surface area (Å²) in [6.45, 7) is 1.78. The lowest BCUT2D eigenvalue weighted by Crippen LogP contribution is -2.28. The maximum Gasteiger partial charge on any atom is 0.379 e. The van der Waals surface area contributed by atoms with E-state index in [1.165, 1.54) is 31.4 Å². The molecule has 1 aliphatic rings. The van der Waals surface area contributed by atoms with Crippen LogP contribution < -0.4 is 10.2 Å². The van der Waals surface area contributed by atoms with E-state index in [9.17, 15) is 14.4 Å². The van der Waals surface area contributed by atoms with Crippen molar-refractivity contribution in [3.63, 3.8) is 0 Å². The Morgan fingerprint density at radius 2 is 1.48 bits per heavy atom. The molecule has 8 nitrogen and oxygen atoms in total. The Labute approximate surface area is 231 Å². The van der Waals surface area contributed by atoms with Crippen LogP contribution in [-0.2, 0) is 16.0 Å². The Balaban J connectivity index is 1.37. The predicted octanol–water partition coefficient (Wildman–Crippen LogP) is 5.58. The van der Waals surface area contributed by atoms with E-state index in [0.717, 1.165) is 23.1 Å². The van der Waals surface area contributed by atoms with E-state index in [2.05, 4.69) is 10.5 Å². The van der Waals surface area contributed by atoms with Crippen molar-refractivity contribution in [2.75, 3.05) is 7.11 Å². The summed E-state index contributed by atoms with van der Waals surface area (Å²) >= 11 is 0. The highest BCUT2D eigenvalue weighted by Gasteiger charge is 2.30. The van der Waals surface area contributed by atoms with Crippen molar-refractivity contribution in [1.82, 2.24) is 5.43 Å². The number of carbonyl (C=O) groups is 3. The number of esters is 2. The van der Waals surface area contributed by atoms with Gasteiger partial charge < -0.3 is 13.9 Å². The minimum absolute atomic E-state index is 0.0782. The molecular formula is C32H28N2O6. The zero-order valence-corrected chi connectivity index (χ0v) is 22.2. The first kappa shape index (κ1) is 26.6. The zero-order chi connectivity index (χ0) is 28.1. The molecule has 0 unspecified atom stereocenters. The number of hydrogen-bond acceptors (Lipinski definition) is 7. The number of hydrazone groups is 1. The van der Waals surface area contributed by atoms with Gasteiger partial charge in [-0.15, -0.1) is 0 Å². The molecule has 1 aliphatic carbocycles. The number of benzene rings is 3. The number of fused-ring (bicyclic) bond motifs is 1. The van der Waals surface area contributed by atoms with Crippen molar-refractivity contribution in [3.8, 4) is 5.75 Å². The monoisotopic (exact) mass is 536 g/mol. The number of hydrogen-bond donors (Lipinski definition) is 1. The fourth-order valence-electron chi connectivity index (χ4n) is 4.88. The molecule has 0 aliphatic heterocycles. The lowest BCUT2D eigenvalue weighted by molar-refractivity contribution is -0.121. The van der Waals surface area contributed by atoms with Crippen LogP contribution in [0.25, 0.3) is 0 Å². The third kappa shape index (κ3) is 5.56. The second kappa shape index (κ2) is 11.8. The fourth-order valence-corrected chi connectivity index (χ4v) is 4.88. The van der Waals surface area contributed by atoms with Crippen LogP contribution in [0.4, 0.5) is 0 Å². The summed E-state index contributed by atoms with van der Waals surface area (Å²) in [6.07, 6.45) is 2.03. The number of furan rings is 1. The van der Waals surface area contributed by atoms with Crippen molar-refractivity contribution >= 4 is 23.6 Å². The van der Waals surface area contributed by atoms with E-state index in [1.54, 1.807) is 6.92 Å². The molecule has 1 heterocycles. The van der Waals surface area contributed by atoms with Crippen molar-refractivity contribution < 1.29 is 28.3 Å². The van der Waals surface area contributed by atoms with Gasteiger partial charge >= 0.3 is 11.9 Å². The minimum Gasteiger partial charge on any atom is -0.465 e. The summed E-state index contributed by atoms with van der Waals surface area (Å²) in [6, 6.07) is 25.2. The maximum atomic E-state index is 13.4. The normalized spacial score (nSPS) is 13.5. The first-order chi connectivity index (χ1) is 19.5. The predicted molar refractivity (Wildman–Crippen MR) is 149 cm³/mol. The molecule has 40 heavy (non-hydrogen) atoms. The summed E-state index contributed by atoms with van der Waals surface area (Å²) in [7, 11) is 1.30. The van der Waals surface area contributed by atoms with Crippen LogP contribution >= 0.6 is 0 Å². The molecule has 202 valence electrons. The van der Waals surface area contributed by atoms with E-state index >= 15 is 0 Å². The summed E-state index contributed by atoms with van der Waals surface area (Å²) < 4.78 is 16.1. The molecule has 1 N–H and O–H groups in total. The Morgan fingerprint density at radius 1 is 0.850 bits per heavy atom. The molecule has 5 rings (SSSR count). The third-order valence-electron chi connectivity index (χ3n) is 6.83. The molecule has 0 bridgehead atoms. The SMILES string of the molecule is COC(=O)c1ccc(OC(=O)c2oc3c(c2C)/C(=N/NC(=O)C(c2ccccc2)c2ccccc2)CCC3)cc1. The molecule has 0 spiro atoms. The standard InChI is InChI=1S/C32H28N2O6/c1-20-27-25(33-34-30(35)28(21-10-5-3-6-11-21)22-12-7-4-8-13-22)14-9-15-26(27)40-29(20)32(37)39-24-18-16-23(17-19-24)31(36)38-2/h3-8,10-13,16-19,28H,9,14-15H2,1-2H3,(H,34,35)/b33-25+. The number of methoxy groups -OCH3 is 1. The van der Waals surface area contributed by atoms with Crippen LogP contribution in [-0.4, -0.2) is 30.7 Å². The van der Waals surface area contributed by atoms with Crippen LogP contribution in [0.5, 0.6) is 5.75 Å². The lowest BCUT2D eigenvalue weighted by atomic mass is 9.91. The molecule has 0 atom stereocenters. The van der Waals surface area contributed by atoms with Gasteiger partial charge in [0.05, 0.1) is 24.3 Å². The molecule has 0 radical (unpaired) electrons. The Kier molecular flexibility index (Phi) is 7.87. The largest absolute Gasteiger partial charge is 0.465 e. The van der Waals surface area contributed by atoms with Gasteiger partial charge in [0.25, 0.3) is 5.91 Å². The number of amides is 1. The first-order valence-corrected chi connectivity index (χ1v) is 13.0. The van der Waals surface area contributed by atoms with Gasteiger partial charge in [-0.05, 0) is 55.2 Å². The van der Waals surface area contributed by atoms with Crippen molar-refractivity contribution in [2.24, 2.45) is 5.10 Å². The smallest absolute Gasteiger partial charge is 0.379 e. The molecule has 1 amide bonds. The van der Waals surface area contributed by atoms with Gasteiger partial charge in [-0.25, -0.2) is 15.0 Å². The Hall–Kier alpha value is -4.98. The molecular weight excluding hydrogens is 508 g/mol. The zero-order valence-electron chi connectivity index (χ0n) is 22.2. The van der Waals surface area contributed by atoms with Crippen molar-refractivity contribution in [2.45, 2.75) is 32.1 Å². The van der Waals surface area contributed by atoms with Gasteiger partial charge in [-0.1, -0.05) is 60.7 Å². The number of ether oxygens (including phenoxy) is 2. The second-order valence-corrected chi connectivity index (χ2v) is 9.40. The highest BCUT2D eigenvalue weighted by molar-refractivity contribution is 6.06. The van der Waals surface area contributed by atoms with Gasteiger partial charge in [-0.2, -0.15) is 5.10 Å². The van der Waals surface area contributed by atoms with E-state index in [-0.39, 0.29) is 17.4 Å². The topological polar surface area (TPSA) is 107 Å². The second-order valence-electron chi connectivity index (χ2n) is 9.40. The summed E-state index contributed by atoms with van der Waals surface area (Å²) in [4.78, 5) is 38.1. The van der Waals surface area contributed by atoms with Crippen LogP contribution in [0.15, 0.2) is 94.4 Å². The Bertz CT molecular complexity index is 1520. The molecule has 4 aromatic rings. The molecule has 0 saturated carbocycles. The average molecular weight is 537 g/mol. The van der Waals surface area contributed by atoms with Crippen LogP contribution in [0.2, 0.25) is 0 Å². The number of aryl methyl sites for hydroxylation is 1. The molecule has 3 aromatic carbocycles. The van der Waals surface area contributed by atoms with Gasteiger partial charge in [0.1, 0.15) is 11.5 Å². The van der Waals surface area contributed by atoms with Gasteiger partial charge in [-0.3, -0.25) is 4.79 Å². The van der Waals surface area contributed by atoms with Crippen molar-refractivity contribution in [3.05, 3.63) is 124 Å². The molecule has 1 aromatic heterocycles. The van der Waals surface area contributed by atoms with Crippen LogP contribution in [0.3, 0.4) is 0 Å². The third-order valence-corrected chi connectivity index (χ3v) is 6.83. The summed E-state index contributed by atoms with van der Waals surface area (Å²) in [5.74, 6) is -0.952. The lowest BCUT2D eigenvalue weighted by Gasteiger charge is -2.18. The van der Waals surface area contributed by atoms with Gasteiger partial charge in [0.15, 0.2) is 0 Å². The average Bonchev–Trinajstić information content (AvgIpc) is 3.34. The molecule has 8 heteroatoms. The highest BCUT2D eigenvalue weighted by Crippen LogP contribution is 2.31. The summed E-state index contributed by atoms with van der Waals surface area (Å²) in [5.41, 5.74) is 6.80. The summed E-state index contributed by atoms with van der Waals surface area (Å²) in [5, 5.41) is 4.51. The van der Waals surface area contributed by atoms with E-state index in [4.69, 9.17) is 13.9 Å². The molecule has 0 saturated heterocycles. The number of nitrogens with one attached hydrogen (secondary N) is 1. The maximum absolute atomic E-state index is 13.4. The van der Waals surface area contributed by atoms with E-state index in [0.29, 0.717) is 35.4 Å². The number of nitrogens with zero attached hydrogens (tertiary/aromatic N) is 1. The minimum atomic E-state index is -0.658. The van der Waals surface area contributed by atoms with Crippen molar-refractivity contribution in [1.29, 1.82) is 0 Å². The highest BCUT2D eigenvalue weighted by atomic mass is 16.5. The number of carbonyl (C=O) groups excluding carboxylic acids is 3.